The van der Waals surface area contributed by atoms with E-state index in [9.17, 15) is 0 Å². The number of aromatic nitrogens is 2. The first-order valence-corrected chi connectivity index (χ1v) is 5.27. The molecule has 0 saturated heterocycles. The van der Waals surface area contributed by atoms with E-state index in [1.807, 2.05) is 37.4 Å². The molecule has 0 atom stereocenters. The van der Waals surface area contributed by atoms with Crippen LogP contribution in [0.1, 0.15) is 11.3 Å². The minimum Gasteiger partial charge on any atom is -0.261 e. The predicted octanol–water partition coefficient (Wildman–Crippen LogP) is 3.19. The quantitative estimate of drug-likeness (QED) is 0.724. The van der Waals surface area contributed by atoms with E-state index in [1.165, 1.54) is 0 Å². The third-order valence-corrected chi connectivity index (χ3v) is 2.49. The number of halogens is 1. The Morgan fingerprint density at radius 2 is 1.93 bits per heavy atom. The van der Waals surface area contributed by atoms with Crippen molar-refractivity contribution in [2.24, 2.45) is 0 Å². The van der Waals surface area contributed by atoms with Crippen molar-refractivity contribution in [1.29, 1.82) is 0 Å². The van der Waals surface area contributed by atoms with Crippen LogP contribution < -0.4 is 0 Å². The van der Waals surface area contributed by atoms with Crippen LogP contribution in [0.3, 0.4) is 0 Å². The number of hydrogen-bond donors (Lipinski definition) is 0. The summed E-state index contributed by atoms with van der Waals surface area (Å²) in [4.78, 5) is 8.56. The van der Waals surface area contributed by atoms with Gasteiger partial charge in [0, 0.05) is 29.5 Å². The molecule has 0 amide bonds. The molecule has 0 aromatic carbocycles. The molecule has 0 aliphatic carbocycles. The Morgan fingerprint density at radius 1 is 1.07 bits per heavy atom. The number of pyridine rings is 2. The SMILES string of the molecule is Cc1ccc(-c2ccc(CCl)cn2)cn1. The summed E-state index contributed by atoms with van der Waals surface area (Å²) in [6.45, 7) is 1.97. The molecule has 0 N–H and O–H groups in total. The first-order chi connectivity index (χ1) is 7.29. The molecule has 0 saturated carbocycles. The third-order valence-electron chi connectivity index (χ3n) is 2.19. The first kappa shape index (κ1) is 10.1. The van der Waals surface area contributed by atoms with Crippen molar-refractivity contribution in [1.82, 2.24) is 9.97 Å². The molecule has 0 unspecified atom stereocenters. The Kier molecular flexibility index (Phi) is 2.97. The predicted molar refractivity (Wildman–Crippen MR) is 61.8 cm³/mol. The van der Waals surface area contributed by atoms with Crippen LogP contribution in [-0.4, -0.2) is 9.97 Å². The summed E-state index contributed by atoms with van der Waals surface area (Å²) in [5, 5.41) is 0. The van der Waals surface area contributed by atoms with Crippen molar-refractivity contribution in [3.8, 4) is 11.3 Å². The van der Waals surface area contributed by atoms with Gasteiger partial charge in [0.2, 0.25) is 0 Å². The fraction of sp³-hybridized carbons (Fsp3) is 0.167. The smallest absolute Gasteiger partial charge is 0.0717 e. The van der Waals surface area contributed by atoms with Gasteiger partial charge < -0.3 is 0 Å². The molecule has 2 aromatic rings. The number of aryl methyl sites for hydroxylation is 1. The van der Waals surface area contributed by atoms with Gasteiger partial charge in [0.15, 0.2) is 0 Å². The Morgan fingerprint density at radius 3 is 2.47 bits per heavy atom. The lowest BCUT2D eigenvalue weighted by atomic mass is 10.1. The van der Waals surface area contributed by atoms with E-state index in [0.717, 1.165) is 22.5 Å². The van der Waals surface area contributed by atoms with Gasteiger partial charge in [-0.1, -0.05) is 6.07 Å². The lowest BCUT2D eigenvalue weighted by molar-refractivity contribution is 1.18. The van der Waals surface area contributed by atoms with Crippen LogP contribution >= 0.6 is 11.6 Å². The largest absolute Gasteiger partial charge is 0.261 e. The summed E-state index contributed by atoms with van der Waals surface area (Å²) >= 11 is 5.69. The van der Waals surface area contributed by atoms with Crippen LogP contribution in [0.2, 0.25) is 0 Å². The van der Waals surface area contributed by atoms with Crippen molar-refractivity contribution in [3.05, 3.63) is 47.9 Å². The van der Waals surface area contributed by atoms with Gasteiger partial charge in [0.05, 0.1) is 5.69 Å². The van der Waals surface area contributed by atoms with Gasteiger partial charge in [-0.15, -0.1) is 11.6 Å². The minimum atomic E-state index is 0.499. The average molecular weight is 219 g/mol. The van der Waals surface area contributed by atoms with Gasteiger partial charge in [-0.05, 0) is 30.7 Å². The summed E-state index contributed by atoms with van der Waals surface area (Å²) in [7, 11) is 0. The number of alkyl halides is 1. The van der Waals surface area contributed by atoms with E-state index in [4.69, 9.17) is 11.6 Å². The molecular formula is C12H11ClN2. The molecule has 2 aromatic heterocycles. The molecule has 76 valence electrons. The van der Waals surface area contributed by atoms with E-state index < -0.39 is 0 Å². The molecule has 2 rings (SSSR count). The molecule has 0 spiro atoms. The fourth-order valence-electron chi connectivity index (χ4n) is 1.29. The van der Waals surface area contributed by atoms with Crippen molar-refractivity contribution >= 4 is 11.6 Å². The number of hydrogen-bond acceptors (Lipinski definition) is 2. The second-order valence-corrected chi connectivity index (χ2v) is 3.64. The maximum Gasteiger partial charge on any atom is 0.0717 e. The van der Waals surface area contributed by atoms with Crippen LogP contribution in [-0.2, 0) is 5.88 Å². The lowest BCUT2D eigenvalue weighted by Crippen LogP contribution is -1.87. The van der Waals surface area contributed by atoms with Crippen molar-refractivity contribution in [3.63, 3.8) is 0 Å². The lowest BCUT2D eigenvalue weighted by Gasteiger charge is -2.01. The average Bonchev–Trinajstić information content (AvgIpc) is 2.30. The Labute approximate surface area is 94.0 Å². The zero-order valence-electron chi connectivity index (χ0n) is 8.44. The second-order valence-electron chi connectivity index (χ2n) is 3.37. The summed E-state index contributed by atoms with van der Waals surface area (Å²) in [5.41, 5.74) is 4.00. The van der Waals surface area contributed by atoms with Gasteiger partial charge in [0.25, 0.3) is 0 Å². The molecule has 2 heterocycles. The molecule has 0 radical (unpaired) electrons. The van der Waals surface area contributed by atoms with Crippen LogP contribution in [0, 0.1) is 6.92 Å². The van der Waals surface area contributed by atoms with E-state index in [2.05, 4.69) is 9.97 Å². The van der Waals surface area contributed by atoms with Crippen LogP contribution in [0.15, 0.2) is 36.7 Å². The van der Waals surface area contributed by atoms with E-state index in [0.29, 0.717) is 5.88 Å². The molecular weight excluding hydrogens is 208 g/mol. The molecule has 0 fully saturated rings. The van der Waals surface area contributed by atoms with Crippen LogP contribution in [0.4, 0.5) is 0 Å². The fourth-order valence-corrected chi connectivity index (χ4v) is 1.45. The monoisotopic (exact) mass is 218 g/mol. The zero-order chi connectivity index (χ0) is 10.7. The summed E-state index contributed by atoms with van der Waals surface area (Å²) in [6, 6.07) is 7.94. The van der Waals surface area contributed by atoms with Crippen LogP contribution in [0.5, 0.6) is 0 Å². The Bertz CT molecular complexity index is 434. The molecule has 0 bridgehead atoms. The van der Waals surface area contributed by atoms with Gasteiger partial charge >= 0.3 is 0 Å². The Balaban J connectivity index is 2.33. The highest BCUT2D eigenvalue weighted by atomic mass is 35.5. The van der Waals surface area contributed by atoms with Gasteiger partial charge in [-0.25, -0.2) is 0 Å². The van der Waals surface area contributed by atoms with E-state index in [1.54, 1.807) is 6.20 Å². The minimum absolute atomic E-state index is 0.499. The maximum absolute atomic E-state index is 5.69. The molecule has 0 aliphatic heterocycles. The molecule has 2 nitrogen and oxygen atoms in total. The Hall–Kier alpha value is -1.41. The molecule has 3 heteroatoms. The number of nitrogens with zero attached hydrogens (tertiary/aromatic N) is 2. The van der Waals surface area contributed by atoms with Crippen molar-refractivity contribution in [2.45, 2.75) is 12.8 Å². The molecule has 15 heavy (non-hydrogen) atoms. The van der Waals surface area contributed by atoms with Gasteiger partial charge in [-0.2, -0.15) is 0 Å². The first-order valence-electron chi connectivity index (χ1n) is 4.73. The van der Waals surface area contributed by atoms with Crippen molar-refractivity contribution < 1.29 is 0 Å². The van der Waals surface area contributed by atoms with Crippen molar-refractivity contribution in [2.75, 3.05) is 0 Å². The third kappa shape index (κ3) is 2.34. The topological polar surface area (TPSA) is 25.8 Å². The summed E-state index contributed by atoms with van der Waals surface area (Å²) in [6.07, 6.45) is 3.63. The standard InChI is InChI=1S/C12H11ClN2/c1-9-2-4-11(8-14-9)12-5-3-10(6-13)7-15-12/h2-5,7-8H,6H2,1H3. The second kappa shape index (κ2) is 4.41. The van der Waals surface area contributed by atoms with Crippen LogP contribution in [0.25, 0.3) is 11.3 Å². The number of rotatable bonds is 2. The van der Waals surface area contributed by atoms with Gasteiger partial charge in [0.1, 0.15) is 0 Å². The summed E-state index contributed by atoms with van der Waals surface area (Å²) < 4.78 is 0. The normalized spacial score (nSPS) is 10.3. The summed E-state index contributed by atoms with van der Waals surface area (Å²) in [5.74, 6) is 0.499. The molecule has 0 aliphatic rings. The van der Waals surface area contributed by atoms with Gasteiger partial charge in [-0.3, -0.25) is 9.97 Å². The van der Waals surface area contributed by atoms with E-state index >= 15 is 0 Å². The zero-order valence-corrected chi connectivity index (χ0v) is 9.20. The maximum atomic E-state index is 5.69. The highest BCUT2D eigenvalue weighted by molar-refractivity contribution is 6.17. The van der Waals surface area contributed by atoms with E-state index in [-0.39, 0.29) is 0 Å². The highest BCUT2D eigenvalue weighted by Crippen LogP contribution is 2.16. The highest BCUT2D eigenvalue weighted by Gasteiger charge is 1.99.